The van der Waals surface area contributed by atoms with Crippen LogP contribution in [0.15, 0.2) is 24.3 Å². The number of hydrogen-bond acceptors (Lipinski definition) is 3. The van der Waals surface area contributed by atoms with Crippen LogP contribution in [0.25, 0.3) is 0 Å². The van der Waals surface area contributed by atoms with Crippen molar-refractivity contribution in [2.75, 3.05) is 13.1 Å². The van der Waals surface area contributed by atoms with Gasteiger partial charge in [0.25, 0.3) is 0 Å². The lowest BCUT2D eigenvalue weighted by Gasteiger charge is -2.04. The molecule has 5 heteroatoms. The molecular weight excluding hydrogens is 458 g/mol. The monoisotopic (exact) mass is 519 g/mol. The van der Waals surface area contributed by atoms with Crippen LogP contribution in [0.4, 0.5) is 0 Å². The van der Waals surface area contributed by atoms with Gasteiger partial charge in [0.1, 0.15) is 0 Å². The largest absolute Gasteiger partial charge is 0.370 e. The number of carbonyl (C=O) groups excluding carboxylic acids is 2. The maximum absolute atomic E-state index is 10.7. The van der Waals surface area contributed by atoms with Crippen LogP contribution in [0.2, 0.25) is 0 Å². The van der Waals surface area contributed by atoms with Gasteiger partial charge in [-0.1, -0.05) is 88.5 Å². The SMILES string of the molecule is NC(=O)CCCCCCCC=CCCCCCCNCCCCCCC=CCCCCCCCC(N)=O. The van der Waals surface area contributed by atoms with E-state index in [0.29, 0.717) is 12.8 Å². The number of allylic oxidation sites excluding steroid dienone is 4. The molecule has 0 aliphatic heterocycles. The van der Waals surface area contributed by atoms with E-state index in [4.69, 9.17) is 11.5 Å². The summed E-state index contributed by atoms with van der Waals surface area (Å²) < 4.78 is 0. The van der Waals surface area contributed by atoms with E-state index in [1.165, 1.54) is 129 Å². The van der Waals surface area contributed by atoms with Gasteiger partial charge in [0, 0.05) is 12.8 Å². The highest BCUT2D eigenvalue weighted by Crippen LogP contribution is 2.10. The van der Waals surface area contributed by atoms with Crippen LogP contribution in [-0.4, -0.2) is 24.9 Å². The number of hydrogen-bond donors (Lipinski definition) is 3. The van der Waals surface area contributed by atoms with Crippen LogP contribution < -0.4 is 16.8 Å². The summed E-state index contributed by atoms with van der Waals surface area (Å²) in [5, 5.41) is 3.61. The lowest BCUT2D eigenvalue weighted by molar-refractivity contribution is -0.119. The van der Waals surface area contributed by atoms with Crippen molar-refractivity contribution in [1.82, 2.24) is 5.32 Å². The van der Waals surface area contributed by atoms with Crippen molar-refractivity contribution in [3.05, 3.63) is 24.3 Å². The molecule has 0 aliphatic rings. The molecule has 0 aromatic heterocycles. The fraction of sp³-hybridized carbons (Fsp3) is 0.812. The second-order valence-corrected chi connectivity index (χ2v) is 10.6. The first-order valence-corrected chi connectivity index (χ1v) is 15.7. The number of amides is 2. The smallest absolute Gasteiger partial charge is 0.217 e. The molecule has 0 fully saturated rings. The lowest BCUT2D eigenvalue weighted by atomic mass is 10.1. The van der Waals surface area contributed by atoms with Crippen LogP contribution in [0.3, 0.4) is 0 Å². The minimum absolute atomic E-state index is 0.171. The van der Waals surface area contributed by atoms with E-state index in [0.717, 1.165) is 25.7 Å². The standard InChI is InChI=1S/C32H61N3O2/c33-31(36)27-23-19-15-11-7-3-1-5-9-13-17-21-25-29-35-30-26-22-18-14-10-6-2-4-8-12-16-20-24-28-32(34)37/h1-2,5-6,35H,3-4,7-30H2,(H2,33,36)(H2,34,37). The van der Waals surface area contributed by atoms with Crippen LogP contribution in [0, 0.1) is 0 Å². The molecule has 2 amide bonds. The highest BCUT2D eigenvalue weighted by atomic mass is 16.1. The molecule has 5 N–H and O–H groups in total. The first-order valence-electron chi connectivity index (χ1n) is 15.7. The van der Waals surface area contributed by atoms with Crippen molar-refractivity contribution >= 4 is 11.8 Å². The molecule has 0 radical (unpaired) electrons. The summed E-state index contributed by atoms with van der Waals surface area (Å²) in [6, 6.07) is 0. The molecule has 37 heavy (non-hydrogen) atoms. The van der Waals surface area contributed by atoms with Gasteiger partial charge in [0.05, 0.1) is 0 Å². The Kier molecular flexibility index (Phi) is 29.3. The predicted octanol–water partition coefficient (Wildman–Crippen LogP) is 8.02. The highest BCUT2D eigenvalue weighted by molar-refractivity contribution is 5.73. The van der Waals surface area contributed by atoms with E-state index in [1.54, 1.807) is 0 Å². The summed E-state index contributed by atoms with van der Waals surface area (Å²) >= 11 is 0. The minimum Gasteiger partial charge on any atom is -0.370 e. The molecule has 5 nitrogen and oxygen atoms in total. The quantitative estimate of drug-likeness (QED) is 0.0661. The van der Waals surface area contributed by atoms with E-state index in [9.17, 15) is 9.59 Å². The molecule has 0 bridgehead atoms. The normalized spacial score (nSPS) is 11.7. The third-order valence-corrected chi connectivity index (χ3v) is 6.87. The van der Waals surface area contributed by atoms with Gasteiger partial charge in [-0.3, -0.25) is 9.59 Å². The average Bonchev–Trinajstić information content (AvgIpc) is 2.87. The van der Waals surface area contributed by atoms with E-state index in [-0.39, 0.29) is 11.8 Å². The number of primary amides is 2. The molecule has 216 valence electrons. The summed E-state index contributed by atoms with van der Waals surface area (Å²) in [6.45, 7) is 2.34. The highest BCUT2D eigenvalue weighted by Gasteiger charge is 1.96. The minimum atomic E-state index is -0.171. The van der Waals surface area contributed by atoms with Crippen molar-refractivity contribution in [3.8, 4) is 0 Å². The Morgan fingerprint density at radius 3 is 1.00 bits per heavy atom. The zero-order valence-electron chi connectivity index (χ0n) is 24.2. The molecule has 0 saturated carbocycles. The molecule has 0 unspecified atom stereocenters. The Balaban J connectivity index is 3.14. The molecule has 0 heterocycles. The van der Waals surface area contributed by atoms with Crippen molar-refractivity contribution in [3.63, 3.8) is 0 Å². The predicted molar refractivity (Wildman–Crippen MR) is 160 cm³/mol. The van der Waals surface area contributed by atoms with E-state index < -0.39 is 0 Å². The number of rotatable bonds is 30. The number of carbonyl (C=O) groups is 2. The fourth-order valence-electron chi connectivity index (χ4n) is 4.51. The van der Waals surface area contributed by atoms with Gasteiger partial charge in [0.2, 0.25) is 11.8 Å². The van der Waals surface area contributed by atoms with Gasteiger partial charge >= 0.3 is 0 Å². The Labute approximate surface area is 229 Å². The zero-order valence-corrected chi connectivity index (χ0v) is 24.2. The first-order chi connectivity index (χ1) is 18.1. The van der Waals surface area contributed by atoms with Crippen LogP contribution in [0.5, 0.6) is 0 Å². The van der Waals surface area contributed by atoms with E-state index in [2.05, 4.69) is 29.6 Å². The van der Waals surface area contributed by atoms with Gasteiger partial charge in [-0.25, -0.2) is 0 Å². The maximum atomic E-state index is 10.7. The van der Waals surface area contributed by atoms with Gasteiger partial charge in [0.15, 0.2) is 0 Å². The van der Waals surface area contributed by atoms with Gasteiger partial charge in [-0.15, -0.1) is 0 Å². The molecule has 0 aliphatic carbocycles. The Morgan fingerprint density at radius 2 is 0.676 bits per heavy atom. The second-order valence-electron chi connectivity index (χ2n) is 10.6. The Morgan fingerprint density at radius 1 is 0.405 bits per heavy atom. The molecule has 0 aromatic rings. The number of nitrogens with two attached hydrogens (primary N) is 2. The van der Waals surface area contributed by atoms with E-state index in [1.807, 2.05) is 0 Å². The molecule has 0 spiro atoms. The average molecular weight is 520 g/mol. The third kappa shape index (κ3) is 34.4. The lowest BCUT2D eigenvalue weighted by Crippen LogP contribution is -2.16. The summed E-state index contributed by atoms with van der Waals surface area (Å²) in [5.41, 5.74) is 10.3. The van der Waals surface area contributed by atoms with Crippen LogP contribution >= 0.6 is 0 Å². The first kappa shape index (κ1) is 35.4. The third-order valence-electron chi connectivity index (χ3n) is 6.87. The maximum Gasteiger partial charge on any atom is 0.217 e. The number of nitrogens with one attached hydrogen (secondary N) is 1. The van der Waals surface area contributed by atoms with E-state index >= 15 is 0 Å². The Hall–Kier alpha value is -1.62. The van der Waals surface area contributed by atoms with Crippen molar-refractivity contribution in [2.24, 2.45) is 11.5 Å². The molecule has 0 rings (SSSR count). The molecular formula is C32H61N3O2. The zero-order chi connectivity index (χ0) is 27.1. The summed E-state index contributed by atoms with van der Waals surface area (Å²) in [4.78, 5) is 21.3. The summed E-state index contributed by atoms with van der Waals surface area (Å²) in [7, 11) is 0. The second kappa shape index (κ2) is 30.6. The topological polar surface area (TPSA) is 98.2 Å². The van der Waals surface area contributed by atoms with Crippen LogP contribution in [-0.2, 0) is 9.59 Å². The summed E-state index contributed by atoms with van der Waals surface area (Å²) in [6.07, 6.45) is 37.6. The Bertz CT molecular complexity index is 512. The van der Waals surface area contributed by atoms with Gasteiger partial charge < -0.3 is 16.8 Å². The van der Waals surface area contributed by atoms with Gasteiger partial charge in [-0.05, 0) is 90.1 Å². The summed E-state index contributed by atoms with van der Waals surface area (Å²) in [5.74, 6) is -0.341. The van der Waals surface area contributed by atoms with Crippen molar-refractivity contribution in [1.29, 1.82) is 0 Å². The van der Waals surface area contributed by atoms with Crippen molar-refractivity contribution < 1.29 is 9.59 Å². The van der Waals surface area contributed by atoms with Gasteiger partial charge in [-0.2, -0.15) is 0 Å². The molecule has 0 saturated heterocycles. The van der Waals surface area contributed by atoms with Crippen molar-refractivity contribution in [2.45, 2.75) is 154 Å². The number of unbranched alkanes of at least 4 members (excludes halogenated alkanes) is 18. The van der Waals surface area contributed by atoms with Crippen LogP contribution in [0.1, 0.15) is 154 Å². The molecule has 0 aromatic carbocycles. The molecule has 0 atom stereocenters. The fourth-order valence-corrected chi connectivity index (χ4v) is 4.51.